The van der Waals surface area contributed by atoms with Crippen molar-refractivity contribution in [2.45, 2.75) is 39.0 Å². The van der Waals surface area contributed by atoms with E-state index in [0.717, 1.165) is 6.42 Å². The fourth-order valence-corrected chi connectivity index (χ4v) is 1.66. The largest absolute Gasteiger partial charge is 0.414 e. The standard InChI is InChI=1S/C9H15F3O/c1-6(2)7-3-4-13-8(5-7)9(10,11)12/h6-8H,3-5H2,1-2H3. The van der Waals surface area contributed by atoms with Crippen molar-refractivity contribution in [3.05, 3.63) is 0 Å². The lowest BCUT2D eigenvalue weighted by atomic mass is 9.86. The van der Waals surface area contributed by atoms with Crippen LogP contribution >= 0.6 is 0 Å². The van der Waals surface area contributed by atoms with Crippen molar-refractivity contribution < 1.29 is 17.9 Å². The molecule has 0 amide bonds. The van der Waals surface area contributed by atoms with Crippen molar-refractivity contribution in [3.63, 3.8) is 0 Å². The predicted molar refractivity (Wildman–Crippen MR) is 43.4 cm³/mol. The number of halogens is 3. The molecule has 0 aromatic carbocycles. The molecule has 1 heterocycles. The summed E-state index contributed by atoms with van der Waals surface area (Å²) in [6.45, 7) is 4.17. The molecule has 2 atom stereocenters. The van der Waals surface area contributed by atoms with Gasteiger partial charge in [-0.3, -0.25) is 0 Å². The molecule has 0 bridgehead atoms. The molecule has 0 radical (unpaired) electrons. The van der Waals surface area contributed by atoms with Crippen LogP contribution in [0.1, 0.15) is 26.7 Å². The number of ether oxygens (including phenoxy) is 1. The second kappa shape index (κ2) is 3.86. The van der Waals surface area contributed by atoms with E-state index in [9.17, 15) is 13.2 Å². The van der Waals surface area contributed by atoms with E-state index in [0.29, 0.717) is 5.92 Å². The zero-order valence-corrected chi connectivity index (χ0v) is 7.90. The molecule has 0 aromatic heterocycles. The molecule has 1 rings (SSSR count). The predicted octanol–water partition coefficient (Wildman–Crippen LogP) is 3.00. The Morgan fingerprint density at radius 2 is 1.92 bits per heavy atom. The summed E-state index contributed by atoms with van der Waals surface area (Å²) in [7, 11) is 0. The van der Waals surface area contributed by atoms with Crippen molar-refractivity contribution in [2.24, 2.45) is 11.8 Å². The van der Waals surface area contributed by atoms with Crippen molar-refractivity contribution in [2.75, 3.05) is 6.61 Å². The zero-order chi connectivity index (χ0) is 10.1. The first-order chi connectivity index (χ1) is 5.91. The van der Waals surface area contributed by atoms with Crippen LogP contribution in [0.25, 0.3) is 0 Å². The average molecular weight is 196 g/mol. The minimum atomic E-state index is -4.19. The van der Waals surface area contributed by atoms with Crippen LogP contribution in [0, 0.1) is 11.8 Å². The second-order valence-corrected chi connectivity index (χ2v) is 3.93. The summed E-state index contributed by atoms with van der Waals surface area (Å²) in [5, 5.41) is 0. The van der Waals surface area contributed by atoms with Crippen LogP contribution in [-0.4, -0.2) is 18.9 Å². The third-order valence-corrected chi connectivity index (χ3v) is 2.63. The van der Waals surface area contributed by atoms with Crippen LogP contribution in [0.2, 0.25) is 0 Å². The maximum absolute atomic E-state index is 12.3. The molecule has 2 unspecified atom stereocenters. The van der Waals surface area contributed by atoms with Crippen LogP contribution in [0.4, 0.5) is 13.2 Å². The van der Waals surface area contributed by atoms with Gasteiger partial charge in [-0.05, 0) is 24.7 Å². The third-order valence-electron chi connectivity index (χ3n) is 2.63. The highest BCUT2D eigenvalue weighted by molar-refractivity contribution is 4.78. The van der Waals surface area contributed by atoms with E-state index in [1.54, 1.807) is 0 Å². The first-order valence-corrected chi connectivity index (χ1v) is 4.59. The Kier molecular flexibility index (Phi) is 3.22. The van der Waals surface area contributed by atoms with Gasteiger partial charge in [0.1, 0.15) is 0 Å². The Labute approximate surface area is 76.3 Å². The van der Waals surface area contributed by atoms with Crippen molar-refractivity contribution in [1.82, 2.24) is 0 Å². The van der Waals surface area contributed by atoms with Crippen molar-refractivity contribution in [1.29, 1.82) is 0 Å². The fraction of sp³-hybridized carbons (Fsp3) is 1.00. The monoisotopic (exact) mass is 196 g/mol. The average Bonchev–Trinajstić information content (AvgIpc) is 2.03. The Balaban J connectivity index is 2.52. The summed E-state index contributed by atoms with van der Waals surface area (Å²) in [4.78, 5) is 0. The van der Waals surface area contributed by atoms with Gasteiger partial charge in [0.05, 0.1) is 0 Å². The Hall–Kier alpha value is -0.250. The molecule has 1 saturated heterocycles. The summed E-state index contributed by atoms with van der Waals surface area (Å²) in [5.41, 5.74) is 0. The molecule has 1 fully saturated rings. The lowest BCUT2D eigenvalue weighted by Gasteiger charge is -2.32. The summed E-state index contributed by atoms with van der Waals surface area (Å²) in [5.74, 6) is 0.467. The maximum Gasteiger partial charge on any atom is 0.414 e. The molecule has 78 valence electrons. The maximum atomic E-state index is 12.3. The molecule has 0 aromatic rings. The van der Waals surface area contributed by atoms with Crippen molar-refractivity contribution >= 4 is 0 Å². The highest BCUT2D eigenvalue weighted by atomic mass is 19.4. The van der Waals surface area contributed by atoms with Crippen LogP contribution in [0.5, 0.6) is 0 Å². The van der Waals surface area contributed by atoms with E-state index in [-0.39, 0.29) is 18.9 Å². The van der Waals surface area contributed by atoms with E-state index >= 15 is 0 Å². The van der Waals surface area contributed by atoms with Gasteiger partial charge in [0.2, 0.25) is 0 Å². The summed E-state index contributed by atoms with van der Waals surface area (Å²) >= 11 is 0. The van der Waals surface area contributed by atoms with Crippen LogP contribution in [-0.2, 0) is 4.74 Å². The number of rotatable bonds is 1. The van der Waals surface area contributed by atoms with E-state index < -0.39 is 12.3 Å². The van der Waals surface area contributed by atoms with Gasteiger partial charge in [0.15, 0.2) is 6.10 Å². The molecule has 1 nitrogen and oxygen atoms in total. The highest BCUT2D eigenvalue weighted by Gasteiger charge is 2.43. The minimum absolute atomic E-state index is 0.126. The van der Waals surface area contributed by atoms with Gasteiger partial charge in [0.25, 0.3) is 0 Å². The van der Waals surface area contributed by atoms with Crippen LogP contribution < -0.4 is 0 Å². The van der Waals surface area contributed by atoms with E-state index in [2.05, 4.69) is 0 Å². The van der Waals surface area contributed by atoms with E-state index in [4.69, 9.17) is 4.74 Å². The minimum Gasteiger partial charge on any atom is -0.369 e. The second-order valence-electron chi connectivity index (χ2n) is 3.93. The van der Waals surface area contributed by atoms with Gasteiger partial charge in [-0.25, -0.2) is 0 Å². The Bertz CT molecular complexity index is 165. The summed E-state index contributed by atoms with van der Waals surface area (Å²) in [6, 6.07) is 0. The molecule has 4 heteroatoms. The van der Waals surface area contributed by atoms with Crippen molar-refractivity contribution in [3.8, 4) is 0 Å². The molecule has 13 heavy (non-hydrogen) atoms. The molecule has 0 saturated carbocycles. The molecular formula is C9H15F3O. The first-order valence-electron chi connectivity index (χ1n) is 4.59. The zero-order valence-electron chi connectivity index (χ0n) is 7.90. The molecular weight excluding hydrogens is 181 g/mol. The fourth-order valence-electron chi connectivity index (χ4n) is 1.66. The van der Waals surface area contributed by atoms with Gasteiger partial charge in [-0.2, -0.15) is 13.2 Å². The number of hydrogen-bond donors (Lipinski definition) is 0. The topological polar surface area (TPSA) is 9.23 Å². The lowest BCUT2D eigenvalue weighted by Crippen LogP contribution is -2.38. The quantitative estimate of drug-likeness (QED) is 0.626. The third kappa shape index (κ3) is 2.86. The van der Waals surface area contributed by atoms with Gasteiger partial charge >= 0.3 is 6.18 Å². The Morgan fingerprint density at radius 3 is 2.38 bits per heavy atom. The number of alkyl halides is 3. The summed E-state index contributed by atoms with van der Waals surface area (Å²) in [6.07, 6.45) is -4.84. The number of hydrogen-bond acceptors (Lipinski definition) is 1. The van der Waals surface area contributed by atoms with E-state index in [1.807, 2.05) is 13.8 Å². The normalized spacial score (nSPS) is 30.9. The highest BCUT2D eigenvalue weighted by Crippen LogP contribution is 2.35. The smallest absolute Gasteiger partial charge is 0.369 e. The van der Waals surface area contributed by atoms with Gasteiger partial charge < -0.3 is 4.74 Å². The molecule has 0 aliphatic carbocycles. The van der Waals surface area contributed by atoms with Crippen LogP contribution in [0.3, 0.4) is 0 Å². The Morgan fingerprint density at radius 1 is 1.31 bits per heavy atom. The lowest BCUT2D eigenvalue weighted by molar-refractivity contribution is -0.237. The molecule has 0 N–H and O–H groups in total. The van der Waals surface area contributed by atoms with E-state index in [1.165, 1.54) is 0 Å². The van der Waals surface area contributed by atoms with Gasteiger partial charge in [-0.1, -0.05) is 13.8 Å². The molecule has 1 aliphatic heterocycles. The van der Waals surface area contributed by atoms with Crippen LogP contribution in [0.15, 0.2) is 0 Å². The van der Waals surface area contributed by atoms with Gasteiger partial charge in [0, 0.05) is 6.61 Å². The van der Waals surface area contributed by atoms with Gasteiger partial charge in [-0.15, -0.1) is 0 Å². The first kappa shape index (κ1) is 10.8. The molecule has 0 spiro atoms. The summed E-state index contributed by atoms with van der Waals surface area (Å²) < 4.78 is 41.5. The molecule has 1 aliphatic rings. The SMILES string of the molecule is CC(C)C1CCOC(C(F)(F)F)C1.